The number of nitrogens with one attached hydrogen (secondary N) is 2. The lowest BCUT2D eigenvalue weighted by molar-refractivity contribution is 0.588. The zero-order chi connectivity index (χ0) is 13.9. The number of thiophene rings is 1. The van der Waals surface area contributed by atoms with E-state index < -0.39 is 10.0 Å². The fourth-order valence-corrected chi connectivity index (χ4v) is 3.92. The molecule has 0 spiro atoms. The van der Waals surface area contributed by atoms with Crippen molar-refractivity contribution in [2.45, 2.75) is 11.4 Å². The number of anilines is 1. The quantitative estimate of drug-likeness (QED) is 0.861. The Morgan fingerprint density at radius 2 is 1.95 bits per heavy atom. The Balaban J connectivity index is 2.21. The normalized spacial score (nSPS) is 11.5. The largest absolute Gasteiger partial charge is 0.379 e. The third kappa shape index (κ3) is 3.56. The molecule has 1 aromatic carbocycles. The van der Waals surface area contributed by atoms with Crippen LogP contribution in [0.5, 0.6) is 0 Å². The summed E-state index contributed by atoms with van der Waals surface area (Å²) in [5.41, 5.74) is 0.598. The van der Waals surface area contributed by atoms with Gasteiger partial charge >= 0.3 is 0 Å². The van der Waals surface area contributed by atoms with Crippen molar-refractivity contribution >= 4 is 43.0 Å². The van der Waals surface area contributed by atoms with Crippen LogP contribution in [0.4, 0.5) is 5.69 Å². The molecule has 0 atom stereocenters. The van der Waals surface area contributed by atoms with Gasteiger partial charge in [0.2, 0.25) is 10.0 Å². The minimum Gasteiger partial charge on any atom is -0.379 e. The Kier molecular flexibility index (Phi) is 4.62. The zero-order valence-corrected chi connectivity index (χ0v) is 13.4. The van der Waals surface area contributed by atoms with Gasteiger partial charge in [-0.25, -0.2) is 13.1 Å². The summed E-state index contributed by atoms with van der Waals surface area (Å²) in [5.74, 6) is 0. The second-order valence-corrected chi connectivity index (χ2v) is 8.17. The number of para-hydroxylation sites is 1. The molecule has 0 aliphatic rings. The predicted octanol–water partition coefficient (Wildman–Crippen LogP) is 3.03. The Labute approximate surface area is 125 Å². The van der Waals surface area contributed by atoms with Crippen LogP contribution in [0.1, 0.15) is 4.88 Å². The van der Waals surface area contributed by atoms with E-state index in [-0.39, 0.29) is 4.90 Å². The third-order valence-corrected chi connectivity index (χ3v) is 5.62. The molecule has 0 radical (unpaired) electrons. The van der Waals surface area contributed by atoms with E-state index in [9.17, 15) is 8.42 Å². The molecule has 2 rings (SSSR count). The van der Waals surface area contributed by atoms with Gasteiger partial charge in [0, 0.05) is 11.4 Å². The predicted molar refractivity (Wildman–Crippen MR) is 82.0 cm³/mol. The maximum Gasteiger partial charge on any atom is 0.242 e. The number of hydrogen-bond donors (Lipinski definition) is 2. The van der Waals surface area contributed by atoms with E-state index in [1.54, 1.807) is 35.6 Å². The van der Waals surface area contributed by atoms with Gasteiger partial charge in [0.25, 0.3) is 0 Å². The van der Waals surface area contributed by atoms with Crippen molar-refractivity contribution in [1.29, 1.82) is 0 Å². The van der Waals surface area contributed by atoms with Crippen LogP contribution in [0.15, 0.2) is 45.1 Å². The summed E-state index contributed by atoms with van der Waals surface area (Å²) in [7, 11) is -2.04. The SMILES string of the molecule is CNS(=O)(=O)c1ccccc1NCc1ccc(Br)s1. The van der Waals surface area contributed by atoms with Gasteiger partial charge in [-0.05, 0) is 47.2 Å². The van der Waals surface area contributed by atoms with E-state index in [0.29, 0.717) is 12.2 Å². The van der Waals surface area contributed by atoms with E-state index in [4.69, 9.17) is 0 Å². The van der Waals surface area contributed by atoms with Crippen LogP contribution >= 0.6 is 27.3 Å². The number of sulfonamides is 1. The molecule has 0 fully saturated rings. The van der Waals surface area contributed by atoms with Crippen LogP contribution in [-0.2, 0) is 16.6 Å². The van der Waals surface area contributed by atoms with Crippen molar-refractivity contribution in [1.82, 2.24) is 4.72 Å². The van der Waals surface area contributed by atoms with Gasteiger partial charge in [-0.1, -0.05) is 12.1 Å². The van der Waals surface area contributed by atoms with Gasteiger partial charge in [0.15, 0.2) is 0 Å². The molecule has 0 unspecified atom stereocenters. The maximum atomic E-state index is 11.9. The molecular formula is C12H13BrN2O2S2. The van der Waals surface area contributed by atoms with Gasteiger partial charge in [0.05, 0.1) is 9.47 Å². The summed E-state index contributed by atoms with van der Waals surface area (Å²) in [6, 6.07) is 10.8. The highest BCUT2D eigenvalue weighted by molar-refractivity contribution is 9.11. The fourth-order valence-electron chi connectivity index (χ4n) is 1.59. The van der Waals surface area contributed by atoms with E-state index in [2.05, 4.69) is 26.0 Å². The second kappa shape index (κ2) is 6.04. The molecule has 0 amide bonds. The van der Waals surface area contributed by atoms with Crippen LogP contribution in [0.3, 0.4) is 0 Å². The number of rotatable bonds is 5. The summed E-state index contributed by atoms with van der Waals surface area (Å²) in [4.78, 5) is 1.39. The average Bonchev–Trinajstić information content (AvgIpc) is 2.82. The molecule has 1 aromatic heterocycles. The lowest BCUT2D eigenvalue weighted by atomic mass is 10.3. The monoisotopic (exact) mass is 360 g/mol. The lowest BCUT2D eigenvalue weighted by Crippen LogP contribution is -2.20. The molecular weight excluding hydrogens is 348 g/mol. The Morgan fingerprint density at radius 3 is 2.58 bits per heavy atom. The minimum atomic E-state index is -3.45. The average molecular weight is 361 g/mol. The summed E-state index contributed by atoms with van der Waals surface area (Å²) in [6.07, 6.45) is 0. The Hall–Kier alpha value is -0.890. The molecule has 19 heavy (non-hydrogen) atoms. The Bertz CT molecular complexity index is 668. The smallest absolute Gasteiger partial charge is 0.242 e. The summed E-state index contributed by atoms with van der Waals surface area (Å²) >= 11 is 5.02. The first kappa shape index (κ1) is 14.5. The molecule has 2 aromatic rings. The first-order valence-corrected chi connectivity index (χ1v) is 8.63. The lowest BCUT2D eigenvalue weighted by Gasteiger charge is -2.11. The fraction of sp³-hybridized carbons (Fsp3) is 0.167. The highest BCUT2D eigenvalue weighted by atomic mass is 79.9. The molecule has 4 nitrogen and oxygen atoms in total. The molecule has 0 bridgehead atoms. The minimum absolute atomic E-state index is 0.258. The van der Waals surface area contributed by atoms with Crippen molar-refractivity contribution in [2.75, 3.05) is 12.4 Å². The van der Waals surface area contributed by atoms with Crippen molar-refractivity contribution in [3.05, 3.63) is 45.1 Å². The highest BCUT2D eigenvalue weighted by Crippen LogP contribution is 2.25. The van der Waals surface area contributed by atoms with Gasteiger partial charge in [-0.3, -0.25) is 0 Å². The van der Waals surface area contributed by atoms with Gasteiger partial charge in [-0.2, -0.15) is 0 Å². The molecule has 0 aliphatic carbocycles. The van der Waals surface area contributed by atoms with Gasteiger partial charge in [0.1, 0.15) is 4.90 Å². The zero-order valence-electron chi connectivity index (χ0n) is 10.2. The second-order valence-electron chi connectivity index (χ2n) is 3.76. The van der Waals surface area contributed by atoms with Crippen molar-refractivity contribution < 1.29 is 8.42 Å². The molecule has 0 saturated heterocycles. The number of benzene rings is 1. The molecule has 1 heterocycles. The topological polar surface area (TPSA) is 58.2 Å². The van der Waals surface area contributed by atoms with E-state index >= 15 is 0 Å². The van der Waals surface area contributed by atoms with Crippen LogP contribution < -0.4 is 10.0 Å². The highest BCUT2D eigenvalue weighted by Gasteiger charge is 2.15. The van der Waals surface area contributed by atoms with E-state index in [0.717, 1.165) is 8.66 Å². The molecule has 2 N–H and O–H groups in total. The van der Waals surface area contributed by atoms with E-state index in [1.807, 2.05) is 12.1 Å². The van der Waals surface area contributed by atoms with Crippen LogP contribution in [0, 0.1) is 0 Å². The number of hydrogen-bond acceptors (Lipinski definition) is 4. The van der Waals surface area contributed by atoms with Crippen molar-refractivity contribution in [3.8, 4) is 0 Å². The van der Waals surface area contributed by atoms with Gasteiger partial charge in [-0.15, -0.1) is 11.3 Å². The van der Waals surface area contributed by atoms with Crippen LogP contribution in [0.25, 0.3) is 0 Å². The molecule has 0 aliphatic heterocycles. The van der Waals surface area contributed by atoms with Gasteiger partial charge < -0.3 is 5.32 Å². The standard InChI is InChI=1S/C12H13BrN2O2S2/c1-14-19(16,17)11-5-3-2-4-10(11)15-8-9-6-7-12(13)18-9/h2-7,14-15H,8H2,1H3. The van der Waals surface area contributed by atoms with Crippen LogP contribution in [-0.4, -0.2) is 15.5 Å². The third-order valence-electron chi connectivity index (χ3n) is 2.53. The molecule has 102 valence electrons. The number of halogens is 1. The first-order chi connectivity index (χ1) is 9.03. The molecule has 7 heteroatoms. The van der Waals surface area contributed by atoms with E-state index in [1.165, 1.54) is 7.05 Å². The molecule has 0 saturated carbocycles. The van der Waals surface area contributed by atoms with Crippen LogP contribution in [0.2, 0.25) is 0 Å². The van der Waals surface area contributed by atoms with Crippen molar-refractivity contribution in [2.24, 2.45) is 0 Å². The Morgan fingerprint density at radius 1 is 1.21 bits per heavy atom. The van der Waals surface area contributed by atoms with Crippen molar-refractivity contribution in [3.63, 3.8) is 0 Å². The maximum absolute atomic E-state index is 11.9. The first-order valence-electron chi connectivity index (χ1n) is 5.53. The summed E-state index contributed by atoms with van der Waals surface area (Å²) in [5, 5.41) is 3.15. The summed E-state index contributed by atoms with van der Waals surface area (Å²) < 4.78 is 27.1. The summed E-state index contributed by atoms with van der Waals surface area (Å²) in [6.45, 7) is 0.590.